The lowest BCUT2D eigenvalue weighted by Crippen LogP contribution is -1.98. The average molecular weight is 227 g/mol. The minimum atomic E-state index is -0.298. The second-order valence-electron chi connectivity index (χ2n) is 4.00. The normalized spacial score (nSPS) is 10.2. The monoisotopic (exact) mass is 227 g/mol. The zero-order valence-corrected chi connectivity index (χ0v) is 9.59. The van der Waals surface area contributed by atoms with Gasteiger partial charge in [-0.15, -0.1) is 0 Å². The molecule has 2 aromatic carbocycles. The summed E-state index contributed by atoms with van der Waals surface area (Å²) >= 11 is 0. The van der Waals surface area contributed by atoms with Gasteiger partial charge in [-0.3, -0.25) is 10.1 Å². The van der Waals surface area contributed by atoms with E-state index in [2.05, 4.69) is 0 Å². The van der Waals surface area contributed by atoms with Crippen LogP contribution in [0, 0.1) is 17.0 Å². The van der Waals surface area contributed by atoms with E-state index in [0.717, 1.165) is 11.1 Å². The van der Waals surface area contributed by atoms with Gasteiger partial charge in [0.15, 0.2) is 0 Å². The summed E-state index contributed by atoms with van der Waals surface area (Å²) in [7, 11) is 0. The maximum absolute atomic E-state index is 11.0. The first-order valence-corrected chi connectivity index (χ1v) is 5.45. The van der Waals surface area contributed by atoms with Crippen LogP contribution >= 0.6 is 0 Å². The molecule has 3 nitrogen and oxygen atoms in total. The van der Waals surface area contributed by atoms with E-state index in [0.29, 0.717) is 12.0 Å². The van der Waals surface area contributed by atoms with Crippen molar-refractivity contribution in [3.63, 3.8) is 0 Å². The van der Waals surface area contributed by atoms with Crippen molar-refractivity contribution in [3.8, 4) is 0 Å². The van der Waals surface area contributed by atoms with Crippen molar-refractivity contribution >= 4 is 5.69 Å². The average Bonchev–Trinajstić information content (AvgIpc) is 2.30. The molecule has 0 bridgehead atoms. The Morgan fingerprint density at radius 2 is 1.76 bits per heavy atom. The Hall–Kier alpha value is -2.16. The number of hydrogen-bond donors (Lipinski definition) is 0. The van der Waals surface area contributed by atoms with Gasteiger partial charge in [0.1, 0.15) is 0 Å². The largest absolute Gasteiger partial charge is 0.275 e. The van der Waals surface area contributed by atoms with E-state index in [4.69, 9.17) is 0 Å². The molecule has 0 unspecified atom stereocenters. The molecule has 0 fully saturated rings. The lowest BCUT2D eigenvalue weighted by atomic mass is 10.0. The van der Waals surface area contributed by atoms with Gasteiger partial charge in [-0.25, -0.2) is 0 Å². The highest BCUT2D eigenvalue weighted by molar-refractivity contribution is 5.48. The first kappa shape index (κ1) is 11.3. The minimum absolute atomic E-state index is 0.233. The van der Waals surface area contributed by atoms with Crippen LogP contribution < -0.4 is 0 Å². The predicted molar refractivity (Wildman–Crippen MR) is 67.1 cm³/mol. The fraction of sp³-hybridized carbons (Fsp3) is 0.143. The summed E-state index contributed by atoms with van der Waals surface area (Å²) in [6.45, 7) is 1.77. The van der Waals surface area contributed by atoms with Crippen LogP contribution in [-0.4, -0.2) is 4.92 Å². The number of nitrogens with zero attached hydrogens (tertiary/aromatic N) is 1. The molecule has 0 saturated carbocycles. The van der Waals surface area contributed by atoms with Gasteiger partial charge in [-0.2, -0.15) is 0 Å². The molecule has 0 N–H and O–H groups in total. The molecule has 86 valence electrons. The second kappa shape index (κ2) is 4.78. The van der Waals surface area contributed by atoms with Crippen LogP contribution in [0.15, 0.2) is 48.5 Å². The zero-order valence-electron chi connectivity index (χ0n) is 9.59. The van der Waals surface area contributed by atoms with E-state index < -0.39 is 0 Å². The third-order valence-electron chi connectivity index (χ3n) is 2.74. The topological polar surface area (TPSA) is 43.1 Å². The molecule has 0 spiro atoms. The quantitative estimate of drug-likeness (QED) is 0.595. The first-order chi connectivity index (χ1) is 8.18. The van der Waals surface area contributed by atoms with Crippen LogP contribution in [0.3, 0.4) is 0 Å². The summed E-state index contributed by atoms with van der Waals surface area (Å²) in [5.74, 6) is 0. The predicted octanol–water partition coefficient (Wildman–Crippen LogP) is 3.49. The summed E-state index contributed by atoms with van der Waals surface area (Å²) < 4.78 is 0. The van der Waals surface area contributed by atoms with Gasteiger partial charge in [0.25, 0.3) is 5.69 Å². The maximum Gasteiger partial charge on any atom is 0.275 e. The van der Waals surface area contributed by atoms with Gasteiger partial charge in [0.05, 0.1) is 4.92 Å². The van der Waals surface area contributed by atoms with Crippen LogP contribution in [0.4, 0.5) is 5.69 Å². The molecule has 3 heteroatoms. The molecule has 0 aliphatic heterocycles. The number of aryl methyl sites for hydroxylation is 1. The zero-order chi connectivity index (χ0) is 12.3. The number of rotatable bonds is 3. The number of hydrogen-bond acceptors (Lipinski definition) is 2. The molecule has 0 aliphatic rings. The van der Waals surface area contributed by atoms with E-state index in [9.17, 15) is 10.1 Å². The highest BCUT2D eigenvalue weighted by Gasteiger charge is 2.16. The third kappa shape index (κ3) is 2.50. The fourth-order valence-electron chi connectivity index (χ4n) is 1.94. The van der Waals surface area contributed by atoms with Gasteiger partial charge in [0, 0.05) is 17.5 Å². The van der Waals surface area contributed by atoms with Crippen molar-refractivity contribution in [1.29, 1.82) is 0 Å². The van der Waals surface area contributed by atoms with Crippen LogP contribution in [0.5, 0.6) is 0 Å². The summed E-state index contributed by atoms with van der Waals surface area (Å²) in [5, 5.41) is 11.0. The summed E-state index contributed by atoms with van der Waals surface area (Å²) in [5.41, 5.74) is 2.79. The Morgan fingerprint density at radius 3 is 2.41 bits per heavy atom. The van der Waals surface area contributed by atoms with Crippen LogP contribution in [-0.2, 0) is 6.42 Å². The molecule has 0 atom stereocenters. The van der Waals surface area contributed by atoms with Gasteiger partial charge in [0.2, 0.25) is 0 Å². The Balaban J connectivity index is 2.40. The highest BCUT2D eigenvalue weighted by atomic mass is 16.6. The molecule has 17 heavy (non-hydrogen) atoms. The molecule has 2 aromatic rings. The Bertz CT molecular complexity index is 535. The van der Waals surface area contributed by atoms with Crippen molar-refractivity contribution in [2.45, 2.75) is 13.3 Å². The van der Waals surface area contributed by atoms with E-state index in [1.54, 1.807) is 13.0 Å². The SMILES string of the molecule is Cc1cccc(Cc2ccccc2)c1[N+](=O)[O-]. The highest BCUT2D eigenvalue weighted by Crippen LogP contribution is 2.25. The smallest absolute Gasteiger partial charge is 0.258 e. The van der Waals surface area contributed by atoms with Crippen molar-refractivity contribution in [3.05, 3.63) is 75.3 Å². The van der Waals surface area contributed by atoms with E-state index in [1.807, 2.05) is 42.5 Å². The number of benzene rings is 2. The number of nitro groups is 1. The maximum atomic E-state index is 11.0. The second-order valence-corrected chi connectivity index (χ2v) is 4.00. The third-order valence-corrected chi connectivity index (χ3v) is 2.74. The summed E-state index contributed by atoms with van der Waals surface area (Å²) in [6.07, 6.45) is 0.596. The van der Waals surface area contributed by atoms with Gasteiger partial charge in [-0.05, 0) is 12.5 Å². The molecular formula is C14H13NO2. The van der Waals surface area contributed by atoms with Crippen LogP contribution in [0.25, 0.3) is 0 Å². The Morgan fingerprint density at radius 1 is 1.06 bits per heavy atom. The first-order valence-electron chi connectivity index (χ1n) is 5.45. The molecule has 0 aliphatic carbocycles. The molecule has 0 radical (unpaired) electrons. The van der Waals surface area contributed by atoms with Gasteiger partial charge in [-0.1, -0.05) is 48.5 Å². The van der Waals surface area contributed by atoms with E-state index in [-0.39, 0.29) is 10.6 Å². The Kier molecular flexibility index (Phi) is 3.19. The van der Waals surface area contributed by atoms with Gasteiger partial charge < -0.3 is 0 Å². The molecular weight excluding hydrogens is 214 g/mol. The lowest BCUT2D eigenvalue weighted by Gasteiger charge is -2.05. The lowest BCUT2D eigenvalue weighted by molar-refractivity contribution is -0.386. The van der Waals surface area contributed by atoms with Crippen LogP contribution in [0.2, 0.25) is 0 Å². The Labute approximate surface area is 99.9 Å². The molecule has 2 rings (SSSR count). The van der Waals surface area contributed by atoms with E-state index >= 15 is 0 Å². The van der Waals surface area contributed by atoms with Crippen LogP contribution in [0.1, 0.15) is 16.7 Å². The summed E-state index contributed by atoms with van der Waals surface area (Å²) in [6, 6.07) is 15.2. The number of para-hydroxylation sites is 1. The van der Waals surface area contributed by atoms with Crippen molar-refractivity contribution < 1.29 is 4.92 Å². The number of nitro benzene ring substituents is 1. The molecule has 0 amide bonds. The summed E-state index contributed by atoms with van der Waals surface area (Å²) in [4.78, 5) is 10.7. The standard InChI is InChI=1S/C14H13NO2/c1-11-6-5-9-13(14(11)15(16)17)10-12-7-3-2-4-8-12/h2-9H,10H2,1H3. The van der Waals surface area contributed by atoms with Crippen molar-refractivity contribution in [1.82, 2.24) is 0 Å². The molecule has 0 aromatic heterocycles. The molecule has 0 heterocycles. The van der Waals surface area contributed by atoms with Crippen molar-refractivity contribution in [2.75, 3.05) is 0 Å². The fourth-order valence-corrected chi connectivity index (χ4v) is 1.94. The van der Waals surface area contributed by atoms with Crippen molar-refractivity contribution in [2.24, 2.45) is 0 Å². The minimum Gasteiger partial charge on any atom is -0.258 e. The van der Waals surface area contributed by atoms with E-state index in [1.165, 1.54) is 0 Å². The van der Waals surface area contributed by atoms with Gasteiger partial charge >= 0.3 is 0 Å². The molecule has 0 saturated heterocycles.